The van der Waals surface area contributed by atoms with Crippen molar-refractivity contribution in [1.82, 2.24) is 4.98 Å². The van der Waals surface area contributed by atoms with Gasteiger partial charge in [0, 0.05) is 17.0 Å². The first kappa shape index (κ1) is 31.4. The highest BCUT2D eigenvalue weighted by Gasteiger charge is 2.32. The van der Waals surface area contributed by atoms with Crippen molar-refractivity contribution in [2.75, 3.05) is 0 Å². The zero-order valence-corrected chi connectivity index (χ0v) is 27.9. The van der Waals surface area contributed by atoms with E-state index in [1.54, 1.807) is 6.08 Å². The number of aliphatic hydroxyl groups excluding tert-OH is 1. The molecule has 0 spiro atoms. The average Bonchev–Trinajstić information content (AvgIpc) is 3.76. The number of hydrogen-bond acceptors (Lipinski definition) is 4. The van der Waals surface area contributed by atoms with E-state index in [-0.39, 0.29) is 0 Å². The highest BCUT2D eigenvalue weighted by Crippen LogP contribution is 2.41. The number of aliphatic hydroxyl groups is 1. The first-order valence-corrected chi connectivity index (χ1v) is 16.8. The zero-order chi connectivity index (χ0) is 31.5. The Morgan fingerprint density at radius 1 is 0.545 bits per heavy atom. The second kappa shape index (κ2) is 13.3. The summed E-state index contributed by atoms with van der Waals surface area (Å²) in [6.45, 7) is 17.8. The monoisotopic (exact) mass is 588 g/mol. The fourth-order valence-corrected chi connectivity index (χ4v) is 7.43. The van der Waals surface area contributed by atoms with Crippen LogP contribution >= 0.6 is 0 Å². The van der Waals surface area contributed by atoms with Gasteiger partial charge in [0.1, 0.15) is 0 Å². The summed E-state index contributed by atoms with van der Waals surface area (Å²) in [6, 6.07) is 0. The molecule has 0 aromatic carbocycles. The van der Waals surface area contributed by atoms with Gasteiger partial charge in [-0.3, -0.25) is 0 Å². The highest BCUT2D eigenvalue weighted by molar-refractivity contribution is 6.37. The molecule has 0 atom stereocenters. The van der Waals surface area contributed by atoms with Crippen LogP contribution in [0.5, 0.6) is 0 Å². The molecule has 5 rings (SSSR count). The predicted octanol–water partition coefficient (Wildman–Crippen LogP) is 10.4. The molecule has 8 bridgehead atoms. The van der Waals surface area contributed by atoms with Gasteiger partial charge in [-0.25, -0.2) is 15.0 Å². The van der Waals surface area contributed by atoms with Gasteiger partial charge in [-0.05, 0) is 126 Å². The van der Waals surface area contributed by atoms with Crippen LogP contribution in [0.2, 0.25) is 0 Å². The lowest BCUT2D eigenvalue weighted by Gasteiger charge is -2.13. The molecule has 0 saturated heterocycles. The van der Waals surface area contributed by atoms with Crippen LogP contribution in [0.25, 0.3) is 12.2 Å². The molecular formula is C39H48N4O. The average molecular weight is 589 g/mol. The van der Waals surface area contributed by atoms with Gasteiger partial charge in [0.15, 0.2) is 0 Å². The molecule has 5 nitrogen and oxygen atoms in total. The van der Waals surface area contributed by atoms with E-state index in [1.807, 2.05) is 6.08 Å². The molecule has 1 aromatic heterocycles. The Bertz CT molecular complexity index is 1720. The second-order valence-electron chi connectivity index (χ2n) is 11.5. The van der Waals surface area contributed by atoms with E-state index >= 15 is 0 Å². The number of hydrogen-bond donors (Lipinski definition) is 2. The summed E-state index contributed by atoms with van der Waals surface area (Å²) in [5, 5.41) is 9.77. The molecule has 0 amide bonds. The number of nitrogens with zero attached hydrogens (tertiary/aromatic N) is 3. The Kier molecular flexibility index (Phi) is 9.53. The third-order valence-corrected chi connectivity index (χ3v) is 9.41. The lowest BCUT2D eigenvalue weighted by atomic mass is 9.88. The molecule has 4 aliphatic rings. The summed E-state index contributed by atoms with van der Waals surface area (Å²) in [5.74, 6) is 0. The van der Waals surface area contributed by atoms with Crippen LogP contribution in [0.4, 0.5) is 0 Å². The summed E-state index contributed by atoms with van der Waals surface area (Å²) in [4.78, 5) is 19.9. The van der Waals surface area contributed by atoms with Crippen LogP contribution in [0.15, 0.2) is 95.6 Å². The van der Waals surface area contributed by atoms with E-state index in [0.29, 0.717) is 0 Å². The molecule has 0 unspecified atom stereocenters. The maximum atomic E-state index is 9.77. The maximum absolute atomic E-state index is 9.77. The van der Waals surface area contributed by atoms with Gasteiger partial charge in [-0.2, -0.15) is 0 Å². The predicted molar refractivity (Wildman–Crippen MR) is 189 cm³/mol. The summed E-state index contributed by atoms with van der Waals surface area (Å²) < 4.78 is 0. The Morgan fingerprint density at radius 3 is 1.41 bits per heavy atom. The van der Waals surface area contributed by atoms with Gasteiger partial charge in [0.05, 0.1) is 40.5 Å². The molecule has 0 radical (unpaired) electrons. The third-order valence-electron chi connectivity index (χ3n) is 9.41. The molecule has 5 heterocycles. The third kappa shape index (κ3) is 5.21. The van der Waals surface area contributed by atoms with Crippen molar-refractivity contribution >= 4 is 29.3 Å². The van der Waals surface area contributed by atoms with E-state index in [2.05, 4.69) is 78.6 Å². The first-order chi connectivity index (χ1) is 21.4. The van der Waals surface area contributed by atoms with Crippen molar-refractivity contribution in [3.63, 3.8) is 0 Å². The van der Waals surface area contributed by atoms with E-state index in [1.165, 1.54) is 44.6 Å². The normalized spacial score (nSPS) is 19.3. The number of rotatable bonds is 9. The largest absolute Gasteiger partial charge is 0.516 e. The van der Waals surface area contributed by atoms with Crippen LogP contribution in [-0.4, -0.2) is 27.2 Å². The van der Waals surface area contributed by atoms with E-state index in [4.69, 9.17) is 15.0 Å². The highest BCUT2D eigenvalue weighted by atomic mass is 16.2. The van der Waals surface area contributed by atoms with Crippen LogP contribution in [0.3, 0.4) is 0 Å². The number of aliphatic imine (C=N–C) groups is 3. The molecule has 2 N–H and O–H groups in total. The van der Waals surface area contributed by atoms with E-state index in [0.717, 1.165) is 109 Å². The molecule has 0 saturated carbocycles. The first-order valence-electron chi connectivity index (χ1n) is 16.8. The van der Waals surface area contributed by atoms with Gasteiger partial charge >= 0.3 is 0 Å². The van der Waals surface area contributed by atoms with Crippen LogP contribution in [0.1, 0.15) is 116 Å². The van der Waals surface area contributed by atoms with Gasteiger partial charge in [-0.15, -0.1) is 0 Å². The number of nitrogens with one attached hydrogen (secondary N) is 1. The standard InChI is InChI=1S/C39H48N4O/c1-9-23-25(11-3)34-21-36-27(13-5)29(15-7)38(42-36)31(18-17-19-44)39-30(16-8)28(14-6)37(43-39)22-35-26(12-4)24(10-2)33(41-35)20-32(23)40-34/h17-22,40,44H,9-16H2,1-8H3/b19-17-,31-18+,33-20?,36-21?,37-22?. The summed E-state index contributed by atoms with van der Waals surface area (Å²) in [6.07, 6.45) is 18.8. The number of allylic oxidation sites excluding steroid dienone is 10. The Labute approximate surface area is 263 Å². The molecule has 44 heavy (non-hydrogen) atoms. The Balaban J connectivity index is 1.93. The fourth-order valence-electron chi connectivity index (χ4n) is 7.43. The lowest BCUT2D eigenvalue weighted by Crippen LogP contribution is -2.15. The van der Waals surface area contributed by atoms with Crippen LogP contribution in [0, 0.1) is 0 Å². The minimum absolute atomic E-state index is 0.861. The van der Waals surface area contributed by atoms with Crippen LogP contribution in [-0.2, 0) is 12.8 Å². The summed E-state index contributed by atoms with van der Waals surface area (Å²) in [5.41, 5.74) is 19.6. The van der Waals surface area contributed by atoms with Crippen molar-refractivity contribution < 1.29 is 5.11 Å². The molecule has 0 aliphatic carbocycles. The number of fused-ring (bicyclic) bond motifs is 5. The number of aromatic nitrogens is 1. The Hall–Kier alpha value is -3.99. The van der Waals surface area contributed by atoms with E-state index in [9.17, 15) is 5.11 Å². The molecule has 5 heteroatoms. The molecular weight excluding hydrogens is 540 g/mol. The smallest absolute Gasteiger partial charge is 0.0791 e. The molecule has 0 fully saturated rings. The summed E-state index contributed by atoms with van der Waals surface area (Å²) in [7, 11) is 0. The molecule has 4 aliphatic heterocycles. The SMILES string of the molecule is CCC1=C(CC)C2=NC1=Cc1[nH]c(c(CC)c1CC)C=C1N=C(C(CC)=C1CC)/C(=C\C=C/O)C1=NC(=C2)C(CC)=C1CC. The van der Waals surface area contributed by atoms with Gasteiger partial charge < -0.3 is 10.1 Å². The van der Waals surface area contributed by atoms with E-state index < -0.39 is 0 Å². The minimum atomic E-state index is 0.861. The minimum Gasteiger partial charge on any atom is -0.516 e. The van der Waals surface area contributed by atoms with Gasteiger partial charge in [0.25, 0.3) is 0 Å². The quantitative estimate of drug-likeness (QED) is 0.277. The number of H-pyrrole nitrogens is 1. The van der Waals surface area contributed by atoms with Gasteiger partial charge in [-0.1, -0.05) is 55.4 Å². The zero-order valence-electron chi connectivity index (χ0n) is 27.9. The Morgan fingerprint density at radius 2 is 0.977 bits per heavy atom. The number of aromatic amines is 1. The molecule has 1 aromatic rings. The molecule has 230 valence electrons. The maximum Gasteiger partial charge on any atom is 0.0791 e. The fraction of sp³-hybridized carbons (Fsp3) is 0.410. The lowest BCUT2D eigenvalue weighted by molar-refractivity contribution is 0.473. The van der Waals surface area contributed by atoms with Crippen molar-refractivity contribution in [1.29, 1.82) is 0 Å². The second-order valence-corrected chi connectivity index (χ2v) is 11.5. The van der Waals surface area contributed by atoms with Crippen molar-refractivity contribution in [2.24, 2.45) is 15.0 Å². The topological polar surface area (TPSA) is 73.1 Å². The van der Waals surface area contributed by atoms with Crippen LogP contribution < -0.4 is 0 Å². The van der Waals surface area contributed by atoms with Crippen molar-refractivity contribution in [3.05, 3.63) is 103 Å². The van der Waals surface area contributed by atoms with Gasteiger partial charge in [0.2, 0.25) is 0 Å². The van der Waals surface area contributed by atoms with Crippen molar-refractivity contribution in [3.8, 4) is 0 Å². The summed E-state index contributed by atoms with van der Waals surface area (Å²) >= 11 is 0. The van der Waals surface area contributed by atoms with Crippen molar-refractivity contribution in [2.45, 2.75) is 107 Å².